The summed E-state index contributed by atoms with van der Waals surface area (Å²) in [6.45, 7) is 0.384. The van der Waals surface area contributed by atoms with E-state index in [9.17, 15) is 4.79 Å². The van der Waals surface area contributed by atoms with Gasteiger partial charge in [0.1, 0.15) is 5.69 Å². The van der Waals surface area contributed by atoms with Gasteiger partial charge in [0.25, 0.3) is 5.91 Å². The first-order valence-electron chi connectivity index (χ1n) is 6.43. The molecule has 1 amide bonds. The van der Waals surface area contributed by atoms with Crippen LogP contribution in [0.5, 0.6) is 0 Å². The Bertz CT molecular complexity index is 811. The van der Waals surface area contributed by atoms with Crippen molar-refractivity contribution in [3.63, 3.8) is 0 Å². The number of nitrogens with one attached hydrogen (secondary N) is 2. The van der Waals surface area contributed by atoms with Crippen molar-refractivity contribution < 1.29 is 4.79 Å². The number of hydrogen-bond donors (Lipinski definition) is 2. The Kier molecular flexibility index (Phi) is 3.86. The smallest absolute Gasteiger partial charge is 0.267 e. The predicted molar refractivity (Wildman–Crippen MR) is 85.9 cm³/mol. The van der Waals surface area contributed by atoms with Gasteiger partial charge in [-0.1, -0.05) is 47.5 Å². The van der Waals surface area contributed by atoms with Crippen LogP contribution in [-0.4, -0.2) is 10.9 Å². The first-order chi connectivity index (χ1) is 10.1. The van der Waals surface area contributed by atoms with Crippen molar-refractivity contribution in [2.75, 3.05) is 0 Å². The number of carbonyl (C=O) groups is 1. The van der Waals surface area contributed by atoms with E-state index < -0.39 is 0 Å². The molecular weight excluding hydrogens is 307 g/mol. The third-order valence-electron chi connectivity index (χ3n) is 3.23. The second kappa shape index (κ2) is 5.80. The normalized spacial score (nSPS) is 10.8. The molecule has 106 valence electrons. The van der Waals surface area contributed by atoms with E-state index in [1.54, 1.807) is 24.3 Å². The number of aromatic nitrogens is 1. The summed E-state index contributed by atoms with van der Waals surface area (Å²) in [4.78, 5) is 15.2. The van der Waals surface area contributed by atoms with Crippen molar-refractivity contribution in [3.05, 3.63) is 69.8 Å². The van der Waals surface area contributed by atoms with Crippen LogP contribution in [0.4, 0.5) is 0 Å². The summed E-state index contributed by atoms with van der Waals surface area (Å²) < 4.78 is 0. The van der Waals surface area contributed by atoms with Gasteiger partial charge in [-0.3, -0.25) is 4.79 Å². The minimum atomic E-state index is -0.178. The summed E-state index contributed by atoms with van der Waals surface area (Å²) in [6.07, 6.45) is 0. The number of carbonyl (C=O) groups excluding carboxylic acids is 1. The van der Waals surface area contributed by atoms with Gasteiger partial charge in [0, 0.05) is 27.5 Å². The monoisotopic (exact) mass is 318 g/mol. The van der Waals surface area contributed by atoms with Crippen molar-refractivity contribution in [2.24, 2.45) is 0 Å². The van der Waals surface area contributed by atoms with Gasteiger partial charge in [0.15, 0.2) is 0 Å². The van der Waals surface area contributed by atoms with E-state index in [0.29, 0.717) is 22.3 Å². The van der Waals surface area contributed by atoms with Crippen LogP contribution in [0.1, 0.15) is 16.1 Å². The van der Waals surface area contributed by atoms with Gasteiger partial charge in [-0.05, 0) is 29.8 Å². The highest BCUT2D eigenvalue weighted by Gasteiger charge is 2.10. The molecule has 0 aliphatic carbocycles. The lowest BCUT2D eigenvalue weighted by Gasteiger charge is -2.05. The Morgan fingerprint density at radius 1 is 1.10 bits per heavy atom. The Balaban J connectivity index is 1.76. The van der Waals surface area contributed by atoms with E-state index in [1.807, 2.05) is 24.3 Å². The van der Waals surface area contributed by atoms with E-state index in [1.165, 1.54) is 0 Å². The van der Waals surface area contributed by atoms with E-state index in [4.69, 9.17) is 23.2 Å². The molecule has 21 heavy (non-hydrogen) atoms. The molecule has 0 aliphatic heterocycles. The average molecular weight is 319 g/mol. The number of hydrogen-bond acceptors (Lipinski definition) is 1. The van der Waals surface area contributed by atoms with Crippen LogP contribution in [-0.2, 0) is 6.54 Å². The minimum Gasteiger partial charge on any atom is -0.350 e. The molecule has 2 N–H and O–H groups in total. The van der Waals surface area contributed by atoms with Crippen LogP contribution < -0.4 is 5.32 Å². The van der Waals surface area contributed by atoms with Crippen LogP contribution in [0.2, 0.25) is 10.0 Å². The Morgan fingerprint density at radius 3 is 2.71 bits per heavy atom. The predicted octanol–water partition coefficient (Wildman–Crippen LogP) is 4.40. The maximum atomic E-state index is 12.2. The van der Waals surface area contributed by atoms with Gasteiger partial charge < -0.3 is 10.3 Å². The zero-order valence-corrected chi connectivity index (χ0v) is 12.5. The van der Waals surface area contributed by atoms with Crippen molar-refractivity contribution >= 4 is 40.0 Å². The van der Waals surface area contributed by atoms with Gasteiger partial charge in [-0.25, -0.2) is 0 Å². The Morgan fingerprint density at radius 2 is 1.90 bits per heavy atom. The van der Waals surface area contributed by atoms with Crippen LogP contribution in [0.25, 0.3) is 10.9 Å². The first-order valence-corrected chi connectivity index (χ1v) is 7.19. The van der Waals surface area contributed by atoms with E-state index >= 15 is 0 Å². The number of halogens is 2. The number of aromatic amines is 1. The second-order valence-corrected chi connectivity index (χ2v) is 5.53. The lowest BCUT2D eigenvalue weighted by atomic mass is 10.2. The molecule has 0 aliphatic rings. The molecule has 0 unspecified atom stereocenters. The standard InChI is InChI=1S/C16H12Cl2N2O/c17-12-6-5-10-7-15(20-14(10)8-12)16(21)19-9-11-3-1-2-4-13(11)18/h1-8,20H,9H2,(H,19,21). The van der Waals surface area contributed by atoms with Gasteiger partial charge in [-0.2, -0.15) is 0 Å². The maximum absolute atomic E-state index is 12.2. The molecular formula is C16H12Cl2N2O. The number of H-pyrrole nitrogens is 1. The molecule has 1 heterocycles. The second-order valence-electron chi connectivity index (χ2n) is 4.69. The zero-order chi connectivity index (χ0) is 14.8. The number of benzene rings is 2. The summed E-state index contributed by atoms with van der Waals surface area (Å²) in [5.41, 5.74) is 2.22. The van der Waals surface area contributed by atoms with Crippen molar-refractivity contribution in [1.29, 1.82) is 0 Å². The highest BCUT2D eigenvalue weighted by molar-refractivity contribution is 6.31. The third kappa shape index (κ3) is 3.04. The fourth-order valence-corrected chi connectivity index (χ4v) is 2.51. The Labute approximate surface area is 131 Å². The third-order valence-corrected chi connectivity index (χ3v) is 3.83. The zero-order valence-electron chi connectivity index (χ0n) is 11.0. The summed E-state index contributed by atoms with van der Waals surface area (Å²) in [7, 11) is 0. The molecule has 3 nitrogen and oxygen atoms in total. The fraction of sp³-hybridized carbons (Fsp3) is 0.0625. The van der Waals surface area contributed by atoms with Crippen LogP contribution in [0.15, 0.2) is 48.5 Å². The van der Waals surface area contributed by atoms with E-state index in [-0.39, 0.29) is 5.91 Å². The van der Waals surface area contributed by atoms with Gasteiger partial charge in [-0.15, -0.1) is 0 Å². The van der Waals surface area contributed by atoms with Crippen LogP contribution in [0.3, 0.4) is 0 Å². The van der Waals surface area contributed by atoms with Gasteiger partial charge in [0.2, 0.25) is 0 Å². The molecule has 2 aromatic carbocycles. The largest absolute Gasteiger partial charge is 0.350 e. The molecule has 0 saturated carbocycles. The van der Waals surface area contributed by atoms with Gasteiger partial charge >= 0.3 is 0 Å². The summed E-state index contributed by atoms with van der Waals surface area (Å²) in [5, 5.41) is 5.06. The van der Waals surface area contributed by atoms with Crippen LogP contribution in [0, 0.1) is 0 Å². The number of amides is 1. The van der Waals surface area contributed by atoms with Crippen LogP contribution >= 0.6 is 23.2 Å². The van der Waals surface area contributed by atoms with E-state index in [0.717, 1.165) is 16.5 Å². The first kappa shape index (κ1) is 14.0. The molecule has 1 aromatic heterocycles. The molecule has 0 fully saturated rings. The molecule has 0 saturated heterocycles. The molecule has 0 bridgehead atoms. The number of fused-ring (bicyclic) bond motifs is 1. The Hall–Kier alpha value is -1.97. The van der Waals surface area contributed by atoms with Crippen molar-refractivity contribution in [2.45, 2.75) is 6.54 Å². The van der Waals surface area contributed by atoms with E-state index in [2.05, 4.69) is 10.3 Å². The molecule has 3 rings (SSSR count). The summed E-state index contributed by atoms with van der Waals surface area (Å²) in [5.74, 6) is -0.178. The molecule has 0 spiro atoms. The topological polar surface area (TPSA) is 44.9 Å². The SMILES string of the molecule is O=C(NCc1ccccc1Cl)c1cc2ccc(Cl)cc2[nH]1. The van der Waals surface area contributed by atoms with Crippen molar-refractivity contribution in [1.82, 2.24) is 10.3 Å². The molecule has 0 atom stereocenters. The number of rotatable bonds is 3. The van der Waals surface area contributed by atoms with Gasteiger partial charge in [0.05, 0.1) is 0 Å². The summed E-state index contributed by atoms with van der Waals surface area (Å²) in [6, 6.07) is 14.7. The molecule has 0 radical (unpaired) electrons. The molecule has 3 aromatic rings. The summed E-state index contributed by atoms with van der Waals surface area (Å²) >= 11 is 12.0. The quantitative estimate of drug-likeness (QED) is 0.738. The average Bonchev–Trinajstić information content (AvgIpc) is 2.89. The highest BCUT2D eigenvalue weighted by atomic mass is 35.5. The van der Waals surface area contributed by atoms with Crippen molar-refractivity contribution in [3.8, 4) is 0 Å². The fourth-order valence-electron chi connectivity index (χ4n) is 2.13. The minimum absolute atomic E-state index is 0.178. The lowest BCUT2D eigenvalue weighted by Crippen LogP contribution is -2.23. The highest BCUT2D eigenvalue weighted by Crippen LogP contribution is 2.20. The lowest BCUT2D eigenvalue weighted by molar-refractivity contribution is 0.0947. The molecule has 5 heteroatoms. The maximum Gasteiger partial charge on any atom is 0.267 e.